The van der Waals surface area contributed by atoms with E-state index >= 15 is 0 Å². The Morgan fingerprint density at radius 3 is 2.24 bits per heavy atom. The van der Waals surface area contributed by atoms with Crippen LogP contribution in [0, 0.1) is 10.8 Å². The predicted octanol–water partition coefficient (Wildman–Crippen LogP) is 0.584. The van der Waals surface area contributed by atoms with Gasteiger partial charge in [-0.25, -0.2) is 0 Å². The Morgan fingerprint density at radius 1 is 1.00 bits per heavy atom. The number of amides is 4. The Kier molecular flexibility index (Phi) is 11.6. The van der Waals surface area contributed by atoms with E-state index in [1.54, 1.807) is 0 Å². The number of carbonyl (C=O) groups is 5. The zero-order chi connectivity index (χ0) is 25.8. The molecule has 0 unspecified atom stereocenters. The minimum atomic E-state index is -0.408. The van der Waals surface area contributed by atoms with Crippen molar-refractivity contribution in [2.45, 2.75) is 47.5 Å². The molecule has 0 aromatic heterocycles. The summed E-state index contributed by atoms with van der Waals surface area (Å²) in [7, 11) is 0. The molecule has 0 bridgehead atoms. The smallest absolute Gasteiger partial charge is 0.253 e. The number of imide groups is 1. The highest BCUT2D eigenvalue weighted by molar-refractivity contribution is 6.13. The fourth-order valence-electron chi connectivity index (χ4n) is 2.87. The van der Waals surface area contributed by atoms with E-state index < -0.39 is 17.2 Å². The zero-order valence-corrected chi connectivity index (χ0v) is 20.6. The van der Waals surface area contributed by atoms with Crippen LogP contribution in [0.15, 0.2) is 17.3 Å². The molecule has 0 aliphatic carbocycles. The van der Waals surface area contributed by atoms with Crippen molar-refractivity contribution in [2.75, 3.05) is 39.5 Å². The zero-order valence-electron chi connectivity index (χ0n) is 20.6. The number of nitrogens with zero attached hydrogens (tertiary/aromatic N) is 2. The summed E-state index contributed by atoms with van der Waals surface area (Å²) in [6.07, 6.45) is 4.03. The second-order valence-corrected chi connectivity index (χ2v) is 9.75. The minimum absolute atomic E-state index is 0.0335. The van der Waals surface area contributed by atoms with Crippen molar-refractivity contribution in [3.8, 4) is 0 Å². The highest BCUT2D eigenvalue weighted by atomic mass is 16.6. The van der Waals surface area contributed by atoms with Crippen LogP contribution in [-0.4, -0.2) is 80.0 Å². The lowest BCUT2D eigenvalue weighted by molar-refractivity contribution is -0.137. The molecule has 11 nitrogen and oxygen atoms in total. The van der Waals surface area contributed by atoms with Crippen molar-refractivity contribution in [1.29, 1.82) is 0 Å². The third-order valence-corrected chi connectivity index (χ3v) is 4.66. The maximum absolute atomic E-state index is 12.1. The maximum Gasteiger partial charge on any atom is 0.253 e. The van der Waals surface area contributed by atoms with E-state index in [9.17, 15) is 24.0 Å². The summed E-state index contributed by atoms with van der Waals surface area (Å²) in [4.78, 5) is 63.7. The minimum Gasteiger partial charge on any atom is -0.388 e. The number of hydrogen-bond donors (Lipinski definition) is 2. The molecule has 1 aliphatic rings. The molecule has 11 heteroatoms. The molecule has 1 heterocycles. The summed E-state index contributed by atoms with van der Waals surface area (Å²) in [6, 6.07) is 0. The highest BCUT2D eigenvalue weighted by Gasteiger charge is 2.26. The van der Waals surface area contributed by atoms with Gasteiger partial charge in [-0.3, -0.25) is 28.9 Å². The topological polar surface area (TPSA) is 143 Å². The van der Waals surface area contributed by atoms with Crippen molar-refractivity contribution in [2.24, 2.45) is 16.0 Å². The largest absolute Gasteiger partial charge is 0.388 e. The summed E-state index contributed by atoms with van der Waals surface area (Å²) < 4.78 is 5.83. The Balaban J connectivity index is 2.25. The van der Waals surface area contributed by atoms with Crippen molar-refractivity contribution in [3.63, 3.8) is 0 Å². The third-order valence-electron chi connectivity index (χ3n) is 4.66. The number of oxime groups is 1. The van der Waals surface area contributed by atoms with Gasteiger partial charge in [0.15, 0.2) is 12.4 Å². The van der Waals surface area contributed by atoms with Gasteiger partial charge in [-0.15, -0.1) is 0 Å². The quantitative estimate of drug-likeness (QED) is 0.187. The molecule has 0 atom stereocenters. The van der Waals surface area contributed by atoms with Crippen LogP contribution in [0.25, 0.3) is 0 Å². The predicted molar refractivity (Wildman–Crippen MR) is 125 cm³/mol. The van der Waals surface area contributed by atoms with E-state index in [1.807, 2.05) is 27.7 Å². The molecule has 0 spiro atoms. The molecule has 34 heavy (non-hydrogen) atoms. The van der Waals surface area contributed by atoms with Crippen LogP contribution >= 0.6 is 0 Å². The van der Waals surface area contributed by atoms with E-state index in [2.05, 4.69) is 15.8 Å². The Morgan fingerprint density at radius 2 is 1.62 bits per heavy atom. The average Bonchev–Trinajstić information content (AvgIpc) is 3.04. The summed E-state index contributed by atoms with van der Waals surface area (Å²) in [5.41, 5.74) is -0.764. The first-order valence-electron chi connectivity index (χ1n) is 11.1. The van der Waals surface area contributed by atoms with Crippen LogP contribution < -0.4 is 10.6 Å². The molecule has 1 aliphatic heterocycles. The molecular formula is C23H36N4O7. The van der Waals surface area contributed by atoms with Gasteiger partial charge < -0.3 is 20.2 Å². The van der Waals surface area contributed by atoms with Gasteiger partial charge in [0.05, 0.1) is 26.0 Å². The van der Waals surface area contributed by atoms with Crippen LogP contribution in [0.2, 0.25) is 0 Å². The van der Waals surface area contributed by atoms with Gasteiger partial charge in [0.25, 0.3) is 11.8 Å². The molecule has 0 saturated heterocycles. The molecule has 0 saturated carbocycles. The van der Waals surface area contributed by atoms with Gasteiger partial charge in [0.1, 0.15) is 0 Å². The fourth-order valence-corrected chi connectivity index (χ4v) is 2.87. The third kappa shape index (κ3) is 12.2. The molecule has 1 rings (SSSR count). The Bertz CT molecular complexity index is 800. The van der Waals surface area contributed by atoms with Crippen LogP contribution in [0.5, 0.6) is 0 Å². The van der Waals surface area contributed by atoms with Gasteiger partial charge in [0.2, 0.25) is 11.8 Å². The second kappa shape index (κ2) is 13.6. The van der Waals surface area contributed by atoms with Crippen molar-refractivity contribution in [3.05, 3.63) is 12.2 Å². The van der Waals surface area contributed by atoms with E-state index in [0.29, 0.717) is 19.8 Å². The number of Topliss-reactive ketones (excluding diaryl/α,β-unsaturated/α-hetero) is 1. The highest BCUT2D eigenvalue weighted by Crippen LogP contribution is 2.22. The summed E-state index contributed by atoms with van der Waals surface area (Å²) in [6.45, 7) is 10.3. The Hall–Kier alpha value is -3.08. The van der Waals surface area contributed by atoms with E-state index in [0.717, 1.165) is 4.90 Å². The van der Waals surface area contributed by atoms with Crippen LogP contribution in [0.1, 0.15) is 47.5 Å². The number of ketones is 1. The normalized spacial score (nSPS) is 14.1. The number of rotatable bonds is 16. The van der Waals surface area contributed by atoms with Gasteiger partial charge in [-0.1, -0.05) is 32.9 Å². The monoisotopic (exact) mass is 480 g/mol. The Labute approximate surface area is 200 Å². The summed E-state index contributed by atoms with van der Waals surface area (Å²) in [5, 5.41) is 9.08. The summed E-state index contributed by atoms with van der Waals surface area (Å²) in [5.74, 6) is -1.38. The van der Waals surface area contributed by atoms with Crippen molar-refractivity contribution < 1.29 is 33.5 Å². The second-order valence-electron chi connectivity index (χ2n) is 9.75. The lowest BCUT2D eigenvalue weighted by Crippen LogP contribution is -2.40. The van der Waals surface area contributed by atoms with Crippen LogP contribution in [-0.2, 0) is 33.5 Å². The molecule has 0 aromatic rings. The van der Waals surface area contributed by atoms with Gasteiger partial charge in [-0.05, 0) is 12.3 Å². The van der Waals surface area contributed by atoms with Gasteiger partial charge in [0, 0.05) is 43.5 Å². The SMILES string of the molecule is CC(=O)CON=CCNC(=O)CC(C)(C)COCC(C)(C)CNC(=O)CCN1C(=O)C=CC1=O. The first-order valence-corrected chi connectivity index (χ1v) is 11.1. The lowest BCUT2D eigenvalue weighted by Gasteiger charge is -2.29. The van der Waals surface area contributed by atoms with Crippen LogP contribution in [0.3, 0.4) is 0 Å². The van der Waals surface area contributed by atoms with E-state index in [1.165, 1.54) is 25.3 Å². The number of hydrogen-bond acceptors (Lipinski definition) is 8. The number of carbonyl (C=O) groups excluding carboxylic acids is 5. The lowest BCUT2D eigenvalue weighted by atomic mass is 9.89. The number of nitrogens with one attached hydrogen (secondary N) is 2. The molecule has 190 valence electrons. The molecule has 2 N–H and O–H groups in total. The average molecular weight is 481 g/mol. The molecule has 0 fully saturated rings. The first-order chi connectivity index (χ1) is 15.8. The van der Waals surface area contributed by atoms with E-state index in [-0.39, 0.29) is 55.6 Å². The maximum atomic E-state index is 12.1. The van der Waals surface area contributed by atoms with Gasteiger partial charge >= 0.3 is 0 Å². The fraction of sp³-hybridized carbons (Fsp3) is 0.652. The molecule has 0 aromatic carbocycles. The van der Waals surface area contributed by atoms with Crippen LogP contribution in [0.4, 0.5) is 0 Å². The van der Waals surface area contributed by atoms with Gasteiger partial charge in [-0.2, -0.15) is 0 Å². The first kappa shape index (κ1) is 29.0. The summed E-state index contributed by atoms with van der Waals surface area (Å²) >= 11 is 0. The van der Waals surface area contributed by atoms with Crippen molar-refractivity contribution >= 4 is 35.6 Å². The number of ether oxygens (including phenoxy) is 1. The van der Waals surface area contributed by atoms with E-state index in [4.69, 9.17) is 9.57 Å². The molecule has 4 amide bonds. The molecule has 0 radical (unpaired) electrons. The molecular weight excluding hydrogens is 444 g/mol. The van der Waals surface area contributed by atoms with Crippen molar-refractivity contribution in [1.82, 2.24) is 15.5 Å². The standard InChI is InChI=1S/C23H36N4O7/c1-17(28)13-34-26-10-9-24-19(30)12-22(2,3)15-33-16-23(4,5)14-25-18(29)8-11-27-20(31)6-7-21(27)32/h6-7,10H,8-9,11-16H2,1-5H3,(H,24,30)(H,25,29).